The van der Waals surface area contributed by atoms with Gasteiger partial charge in [-0.15, -0.1) is 0 Å². The highest BCUT2D eigenvalue weighted by Gasteiger charge is 2.42. The van der Waals surface area contributed by atoms with E-state index in [0.29, 0.717) is 0 Å². The molecule has 1 atom stereocenters. The first-order chi connectivity index (χ1) is 5.17. The van der Waals surface area contributed by atoms with Crippen LogP contribution in [-0.2, 0) is 4.43 Å². The van der Waals surface area contributed by atoms with Crippen LogP contribution in [-0.4, -0.2) is 32.3 Å². The summed E-state index contributed by atoms with van der Waals surface area (Å²) in [5.41, 5.74) is 0. The fourth-order valence-electron chi connectivity index (χ4n) is 0.634. The van der Waals surface area contributed by atoms with Crippen LogP contribution < -0.4 is 0 Å². The molecule has 0 spiro atoms. The summed E-state index contributed by atoms with van der Waals surface area (Å²) >= 11 is 0. The predicted molar refractivity (Wildman–Crippen MR) is 41.4 cm³/mol. The van der Waals surface area contributed by atoms with Crippen molar-refractivity contribution < 1.29 is 22.7 Å². The number of halogens is 3. The van der Waals surface area contributed by atoms with E-state index in [1.165, 1.54) is 0 Å². The second-order valence-electron chi connectivity index (χ2n) is 3.44. The summed E-state index contributed by atoms with van der Waals surface area (Å²) in [5.74, 6) is 0. The van der Waals surface area contributed by atoms with Gasteiger partial charge in [0.2, 0.25) is 0 Å². The molecule has 0 bridgehead atoms. The molecule has 12 heavy (non-hydrogen) atoms. The zero-order chi connectivity index (χ0) is 9.99. The summed E-state index contributed by atoms with van der Waals surface area (Å²) in [6, 6.07) is 0. The van der Waals surface area contributed by atoms with Crippen LogP contribution >= 0.6 is 0 Å². The van der Waals surface area contributed by atoms with E-state index in [2.05, 4.69) is 0 Å². The van der Waals surface area contributed by atoms with E-state index in [4.69, 9.17) is 9.53 Å². The van der Waals surface area contributed by atoms with E-state index in [1.807, 2.05) is 0 Å². The van der Waals surface area contributed by atoms with Crippen LogP contribution in [0, 0.1) is 0 Å². The van der Waals surface area contributed by atoms with Gasteiger partial charge in [-0.25, -0.2) is 0 Å². The van der Waals surface area contributed by atoms with Gasteiger partial charge >= 0.3 is 6.18 Å². The van der Waals surface area contributed by atoms with Crippen LogP contribution in [0.4, 0.5) is 13.2 Å². The number of alkyl halides is 3. The Morgan fingerprint density at radius 1 is 1.33 bits per heavy atom. The Labute approximate surface area is 70.5 Å². The van der Waals surface area contributed by atoms with Gasteiger partial charge in [-0.1, -0.05) is 0 Å². The van der Waals surface area contributed by atoms with Crippen molar-refractivity contribution in [3.63, 3.8) is 0 Å². The van der Waals surface area contributed by atoms with E-state index in [-0.39, 0.29) is 0 Å². The molecule has 0 saturated carbocycles. The lowest BCUT2D eigenvalue weighted by Gasteiger charge is -2.26. The molecule has 0 saturated heterocycles. The van der Waals surface area contributed by atoms with Crippen molar-refractivity contribution in [3.05, 3.63) is 0 Å². The van der Waals surface area contributed by atoms with Gasteiger partial charge in [-0.05, 0) is 19.6 Å². The lowest BCUT2D eigenvalue weighted by molar-refractivity contribution is -0.206. The Hall–Kier alpha value is -0.0731. The van der Waals surface area contributed by atoms with Gasteiger partial charge in [0.15, 0.2) is 14.4 Å². The van der Waals surface area contributed by atoms with E-state index in [9.17, 15) is 13.2 Å². The maximum absolute atomic E-state index is 12.0. The minimum atomic E-state index is -4.46. The number of rotatable bonds is 3. The highest BCUT2D eigenvalue weighted by atomic mass is 28.4. The maximum atomic E-state index is 12.0. The largest absolute Gasteiger partial charge is 0.415 e. The van der Waals surface area contributed by atoms with E-state index in [0.717, 1.165) is 0 Å². The summed E-state index contributed by atoms with van der Waals surface area (Å²) in [7, 11) is -2.23. The number of hydrogen-bond acceptors (Lipinski definition) is 2. The van der Waals surface area contributed by atoms with Gasteiger partial charge < -0.3 is 9.53 Å². The van der Waals surface area contributed by atoms with E-state index in [1.54, 1.807) is 19.6 Å². The normalized spacial score (nSPS) is 16.2. The Morgan fingerprint density at radius 3 is 1.83 bits per heavy atom. The first-order valence-electron chi connectivity index (χ1n) is 3.52. The second-order valence-corrected chi connectivity index (χ2v) is 7.90. The third-order valence-corrected chi connectivity index (χ3v) is 2.02. The van der Waals surface area contributed by atoms with Crippen molar-refractivity contribution >= 4 is 8.32 Å². The van der Waals surface area contributed by atoms with Crippen LogP contribution in [0.3, 0.4) is 0 Å². The van der Waals surface area contributed by atoms with Crippen LogP contribution in [0.2, 0.25) is 19.6 Å². The lowest BCUT2D eigenvalue weighted by Crippen LogP contribution is -2.42. The molecule has 0 aliphatic heterocycles. The fourth-order valence-corrected chi connectivity index (χ4v) is 1.70. The molecule has 6 heteroatoms. The van der Waals surface area contributed by atoms with Gasteiger partial charge in [0.25, 0.3) is 0 Å². The second kappa shape index (κ2) is 3.76. The summed E-state index contributed by atoms with van der Waals surface area (Å²) in [5, 5.41) is 8.40. The van der Waals surface area contributed by atoms with Crippen molar-refractivity contribution in [1.82, 2.24) is 0 Å². The van der Waals surface area contributed by atoms with E-state index < -0.39 is 27.2 Å². The molecule has 0 aromatic heterocycles. The van der Waals surface area contributed by atoms with E-state index >= 15 is 0 Å². The monoisotopic (exact) mass is 202 g/mol. The number of hydrogen-bond donors (Lipinski definition) is 1. The molecule has 1 N–H and O–H groups in total. The van der Waals surface area contributed by atoms with Gasteiger partial charge in [0.1, 0.15) is 0 Å². The first-order valence-corrected chi connectivity index (χ1v) is 6.93. The maximum Gasteiger partial charge on any atom is 0.415 e. The zero-order valence-corrected chi connectivity index (χ0v) is 8.27. The van der Waals surface area contributed by atoms with Crippen molar-refractivity contribution in [2.24, 2.45) is 0 Å². The van der Waals surface area contributed by atoms with Crippen LogP contribution in [0.5, 0.6) is 0 Å². The van der Waals surface area contributed by atoms with Gasteiger partial charge in [0, 0.05) is 0 Å². The first kappa shape index (κ1) is 11.9. The molecule has 74 valence electrons. The molecular formula is C6H13F3O2Si. The summed E-state index contributed by atoms with van der Waals surface area (Å²) in [6.45, 7) is 3.91. The van der Waals surface area contributed by atoms with Crippen LogP contribution in [0.15, 0.2) is 0 Å². The average Bonchev–Trinajstić information content (AvgIpc) is 1.78. The fraction of sp³-hybridized carbons (Fsp3) is 1.00. The average molecular weight is 202 g/mol. The standard InChI is InChI=1S/C6H13F3O2Si/c1-12(2,3)11-5(4-10)6(7,8)9/h5,10H,4H2,1-3H3. The summed E-state index contributed by atoms with van der Waals surface area (Å²) < 4.78 is 40.7. The molecule has 0 aliphatic carbocycles. The Bertz CT molecular complexity index is 141. The molecular weight excluding hydrogens is 189 g/mol. The molecule has 0 radical (unpaired) electrons. The summed E-state index contributed by atoms with van der Waals surface area (Å²) in [4.78, 5) is 0. The highest BCUT2D eigenvalue weighted by Crippen LogP contribution is 2.25. The third kappa shape index (κ3) is 4.73. The van der Waals surface area contributed by atoms with Gasteiger partial charge in [-0.2, -0.15) is 13.2 Å². The van der Waals surface area contributed by atoms with Gasteiger partial charge in [0.05, 0.1) is 6.61 Å². The van der Waals surface area contributed by atoms with Crippen LogP contribution in [0.25, 0.3) is 0 Å². The highest BCUT2D eigenvalue weighted by molar-refractivity contribution is 6.69. The third-order valence-electron chi connectivity index (χ3n) is 1.03. The topological polar surface area (TPSA) is 29.5 Å². The number of aliphatic hydroxyl groups is 1. The molecule has 0 aromatic carbocycles. The zero-order valence-electron chi connectivity index (χ0n) is 7.27. The minimum Gasteiger partial charge on any atom is -0.404 e. The van der Waals surface area contributed by atoms with Crippen molar-refractivity contribution in [2.45, 2.75) is 31.9 Å². The molecule has 0 heterocycles. The van der Waals surface area contributed by atoms with Crippen molar-refractivity contribution in [1.29, 1.82) is 0 Å². The number of aliphatic hydroxyl groups excluding tert-OH is 1. The molecule has 0 fully saturated rings. The Morgan fingerprint density at radius 2 is 1.75 bits per heavy atom. The van der Waals surface area contributed by atoms with Crippen molar-refractivity contribution in [2.75, 3.05) is 6.61 Å². The summed E-state index contributed by atoms with van der Waals surface area (Å²) in [6.07, 6.45) is -6.49. The van der Waals surface area contributed by atoms with Gasteiger partial charge in [-0.3, -0.25) is 0 Å². The van der Waals surface area contributed by atoms with Crippen LogP contribution in [0.1, 0.15) is 0 Å². The van der Waals surface area contributed by atoms with Crippen molar-refractivity contribution in [3.8, 4) is 0 Å². The minimum absolute atomic E-state index is 1.01. The molecule has 2 nitrogen and oxygen atoms in total. The lowest BCUT2D eigenvalue weighted by atomic mass is 10.4. The smallest absolute Gasteiger partial charge is 0.404 e. The Kier molecular flexibility index (Phi) is 3.74. The molecule has 0 amide bonds. The SMILES string of the molecule is C[Si](C)(C)OC(CO)C(F)(F)F. The molecule has 0 aromatic rings. The molecule has 1 unspecified atom stereocenters. The quantitative estimate of drug-likeness (QED) is 0.707. The molecule has 0 aliphatic rings. The predicted octanol–water partition coefficient (Wildman–Crippen LogP) is 1.76. The molecule has 0 rings (SSSR count). The Balaban J connectivity index is 4.20.